The molecule has 8 heteroatoms. The molecular weight excluding hydrogens is 280 g/mol. The van der Waals surface area contributed by atoms with Crippen LogP contribution in [-0.2, 0) is 4.79 Å². The molecule has 1 fully saturated rings. The summed E-state index contributed by atoms with van der Waals surface area (Å²) in [7, 11) is 2.04. The molecular formula is C12H16N4O3S. The number of hydrogen-bond acceptors (Lipinski definition) is 6. The molecule has 0 bridgehead atoms. The zero-order chi connectivity index (χ0) is 14.5. The monoisotopic (exact) mass is 296 g/mol. The minimum absolute atomic E-state index is 0.0733. The molecule has 1 saturated heterocycles. The van der Waals surface area contributed by atoms with Crippen molar-refractivity contribution in [1.82, 2.24) is 15.3 Å². The van der Waals surface area contributed by atoms with Crippen LogP contribution in [0.25, 0.3) is 6.08 Å². The number of rotatable bonds is 4. The molecule has 0 saturated carbocycles. The van der Waals surface area contributed by atoms with Crippen molar-refractivity contribution in [3.05, 3.63) is 33.2 Å². The molecule has 0 spiro atoms. The first-order chi connectivity index (χ1) is 9.54. The van der Waals surface area contributed by atoms with E-state index in [-0.39, 0.29) is 10.9 Å². The Hall–Kier alpha value is -1.77. The van der Waals surface area contributed by atoms with Crippen molar-refractivity contribution in [2.75, 3.05) is 33.2 Å². The van der Waals surface area contributed by atoms with Gasteiger partial charge in [-0.2, -0.15) is 0 Å². The molecule has 1 aliphatic rings. The van der Waals surface area contributed by atoms with E-state index in [9.17, 15) is 14.9 Å². The Morgan fingerprint density at radius 2 is 2.10 bits per heavy atom. The largest absolute Gasteiger partial charge is 0.324 e. The molecule has 1 amide bonds. The maximum Gasteiger partial charge on any atom is 0.324 e. The van der Waals surface area contributed by atoms with Gasteiger partial charge in [0.25, 0.3) is 5.91 Å². The molecule has 2 heterocycles. The van der Waals surface area contributed by atoms with E-state index in [0.29, 0.717) is 4.88 Å². The van der Waals surface area contributed by atoms with Gasteiger partial charge in [-0.15, -0.1) is 0 Å². The lowest BCUT2D eigenvalue weighted by atomic mass is 10.4. The summed E-state index contributed by atoms with van der Waals surface area (Å²) in [6, 6.07) is 3.06. The second-order valence-electron chi connectivity index (χ2n) is 4.53. The summed E-state index contributed by atoms with van der Waals surface area (Å²) in [6.07, 6.45) is 2.98. The predicted octanol–water partition coefficient (Wildman–Crippen LogP) is 0.948. The number of carbonyl (C=O) groups excluding carboxylic acids is 1. The van der Waals surface area contributed by atoms with Gasteiger partial charge in [-0.05, 0) is 19.2 Å². The number of hydrogen-bond donors (Lipinski definition) is 1. The summed E-state index contributed by atoms with van der Waals surface area (Å²) < 4.78 is 0. The van der Waals surface area contributed by atoms with E-state index in [2.05, 4.69) is 10.3 Å². The molecule has 0 unspecified atom stereocenters. The Kier molecular flexibility index (Phi) is 4.83. The first-order valence-electron chi connectivity index (χ1n) is 6.21. The summed E-state index contributed by atoms with van der Waals surface area (Å²) in [4.78, 5) is 24.7. The van der Waals surface area contributed by atoms with Crippen LogP contribution >= 0.6 is 11.3 Å². The average Bonchev–Trinajstić information content (AvgIpc) is 2.88. The van der Waals surface area contributed by atoms with Crippen molar-refractivity contribution in [1.29, 1.82) is 0 Å². The van der Waals surface area contributed by atoms with Crippen LogP contribution < -0.4 is 5.43 Å². The van der Waals surface area contributed by atoms with Crippen molar-refractivity contribution in [2.24, 2.45) is 0 Å². The fourth-order valence-electron chi connectivity index (χ4n) is 1.80. The summed E-state index contributed by atoms with van der Waals surface area (Å²) in [5, 5.41) is 12.5. The number of carbonyl (C=O) groups is 1. The summed E-state index contributed by atoms with van der Waals surface area (Å²) in [6.45, 7) is 3.42. The van der Waals surface area contributed by atoms with E-state index in [1.54, 1.807) is 12.1 Å². The third-order valence-electron chi connectivity index (χ3n) is 2.96. The van der Waals surface area contributed by atoms with Gasteiger partial charge in [0.1, 0.15) is 0 Å². The Labute approximate surface area is 120 Å². The van der Waals surface area contributed by atoms with Gasteiger partial charge in [-0.1, -0.05) is 11.3 Å². The highest BCUT2D eigenvalue weighted by Crippen LogP contribution is 2.24. The van der Waals surface area contributed by atoms with Crippen molar-refractivity contribution in [3.8, 4) is 0 Å². The third-order valence-corrected chi connectivity index (χ3v) is 3.97. The Balaban J connectivity index is 1.84. The van der Waals surface area contributed by atoms with Crippen LogP contribution in [0.2, 0.25) is 0 Å². The molecule has 0 aliphatic carbocycles. The van der Waals surface area contributed by atoms with Gasteiger partial charge in [0.05, 0.1) is 4.92 Å². The topological polar surface area (TPSA) is 78.7 Å². The van der Waals surface area contributed by atoms with E-state index >= 15 is 0 Å². The Bertz CT molecular complexity index is 521. The standard InChI is InChI=1S/C12H16N4O3S/c1-14-6-8-15(9-7-14)13-11(17)4-2-10-3-5-12(20-10)16(18)19/h2-5H,6-9H2,1H3,(H,13,17)/b4-2+. The number of nitrogens with zero attached hydrogens (tertiary/aromatic N) is 3. The third kappa shape index (κ3) is 4.12. The highest BCUT2D eigenvalue weighted by Gasteiger charge is 2.14. The number of thiophene rings is 1. The number of nitro groups is 1. The van der Waals surface area contributed by atoms with E-state index < -0.39 is 4.92 Å². The molecule has 1 aliphatic heterocycles. The zero-order valence-corrected chi connectivity index (χ0v) is 11.9. The summed E-state index contributed by atoms with van der Waals surface area (Å²) in [5.74, 6) is -0.217. The lowest BCUT2D eigenvalue weighted by molar-refractivity contribution is -0.380. The first-order valence-corrected chi connectivity index (χ1v) is 7.02. The molecule has 0 atom stereocenters. The highest BCUT2D eigenvalue weighted by atomic mass is 32.1. The quantitative estimate of drug-likeness (QED) is 0.508. The van der Waals surface area contributed by atoms with E-state index in [0.717, 1.165) is 37.5 Å². The van der Waals surface area contributed by atoms with Gasteiger partial charge in [-0.3, -0.25) is 20.3 Å². The number of piperazine rings is 1. The van der Waals surface area contributed by atoms with Crippen LogP contribution in [0, 0.1) is 10.1 Å². The van der Waals surface area contributed by atoms with Gasteiger partial charge in [0.2, 0.25) is 0 Å². The van der Waals surface area contributed by atoms with Crippen molar-refractivity contribution < 1.29 is 9.72 Å². The fourth-order valence-corrected chi connectivity index (χ4v) is 2.52. The van der Waals surface area contributed by atoms with Crippen molar-refractivity contribution in [3.63, 3.8) is 0 Å². The molecule has 108 valence electrons. The Morgan fingerprint density at radius 1 is 1.40 bits per heavy atom. The second kappa shape index (κ2) is 6.60. The number of hydrazine groups is 1. The van der Waals surface area contributed by atoms with Gasteiger partial charge in [0.15, 0.2) is 0 Å². The predicted molar refractivity (Wildman–Crippen MR) is 77.2 cm³/mol. The van der Waals surface area contributed by atoms with Crippen LogP contribution in [0.5, 0.6) is 0 Å². The maximum absolute atomic E-state index is 11.7. The smallest absolute Gasteiger partial charge is 0.304 e. The number of nitrogens with one attached hydrogen (secondary N) is 1. The number of likely N-dealkylation sites (N-methyl/N-ethyl adjacent to an activating group) is 1. The van der Waals surface area contributed by atoms with Crippen molar-refractivity contribution >= 4 is 28.3 Å². The first kappa shape index (κ1) is 14.6. The molecule has 1 aromatic rings. The minimum Gasteiger partial charge on any atom is -0.304 e. The molecule has 1 N–H and O–H groups in total. The van der Waals surface area contributed by atoms with Gasteiger partial charge in [0, 0.05) is 43.2 Å². The Morgan fingerprint density at radius 3 is 2.70 bits per heavy atom. The molecule has 2 rings (SSSR count). The van der Waals surface area contributed by atoms with Crippen molar-refractivity contribution in [2.45, 2.75) is 0 Å². The SMILES string of the molecule is CN1CCN(NC(=O)/C=C/c2ccc([N+](=O)[O-])s2)CC1. The van der Waals surface area contributed by atoms with E-state index in [4.69, 9.17) is 0 Å². The van der Waals surface area contributed by atoms with Crippen LogP contribution in [0.4, 0.5) is 5.00 Å². The van der Waals surface area contributed by atoms with Crippen LogP contribution in [0.15, 0.2) is 18.2 Å². The fraction of sp³-hybridized carbons (Fsp3) is 0.417. The molecule has 7 nitrogen and oxygen atoms in total. The average molecular weight is 296 g/mol. The maximum atomic E-state index is 11.7. The van der Waals surface area contributed by atoms with E-state index in [1.807, 2.05) is 12.1 Å². The van der Waals surface area contributed by atoms with E-state index in [1.165, 1.54) is 12.1 Å². The zero-order valence-electron chi connectivity index (χ0n) is 11.1. The van der Waals surface area contributed by atoms with Gasteiger partial charge >= 0.3 is 5.00 Å². The summed E-state index contributed by atoms with van der Waals surface area (Å²) in [5.41, 5.74) is 2.79. The highest BCUT2D eigenvalue weighted by molar-refractivity contribution is 7.16. The molecule has 1 aromatic heterocycles. The van der Waals surface area contributed by atoms with Crippen LogP contribution in [-0.4, -0.2) is 54.0 Å². The summed E-state index contributed by atoms with van der Waals surface area (Å²) >= 11 is 1.04. The lowest BCUT2D eigenvalue weighted by Crippen LogP contribution is -2.52. The van der Waals surface area contributed by atoms with Gasteiger partial charge in [-0.25, -0.2) is 5.01 Å². The van der Waals surface area contributed by atoms with Gasteiger partial charge < -0.3 is 4.90 Å². The lowest BCUT2D eigenvalue weighted by Gasteiger charge is -2.31. The van der Waals surface area contributed by atoms with Crippen LogP contribution in [0.1, 0.15) is 4.88 Å². The number of amides is 1. The normalized spacial score (nSPS) is 17.4. The minimum atomic E-state index is -0.438. The molecule has 0 radical (unpaired) electrons. The molecule has 0 aromatic carbocycles. The second-order valence-corrected chi connectivity index (χ2v) is 5.63. The molecule has 20 heavy (non-hydrogen) atoms. The van der Waals surface area contributed by atoms with Crippen LogP contribution in [0.3, 0.4) is 0 Å².